The SMILES string of the molecule is CCn1cc(NC(=O)[C@H]2[C@@H](C(=O)O)C2(C)C)cn1. The van der Waals surface area contributed by atoms with Gasteiger partial charge in [-0.15, -0.1) is 0 Å². The molecule has 0 aromatic carbocycles. The Balaban J connectivity index is 2.03. The van der Waals surface area contributed by atoms with Crippen LogP contribution in [0.3, 0.4) is 0 Å². The summed E-state index contributed by atoms with van der Waals surface area (Å²) in [6.07, 6.45) is 3.29. The van der Waals surface area contributed by atoms with E-state index in [9.17, 15) is 9.59 Å². The second-order valence-corrected chi connectivity index (χ2v) is 5.19. The van der Waals surface area contributed by atoms with E-state index in [1.165, 1.54) is 0 Å². The van der Waals surface area contributed by atoms with Gasteiger partial charge in [-0.1, -0.05) is 13.8 Å². The molecule has 18 heavy (non-hydrogen) atoms. The molecule has 6 nitrogen and oxygen atoms in total. The predicted octanol–water partition coefficient (Wildman–Crippen LogP) is 1.20. The van der Waals surface area contributed by atoms with Crippen molar-refractivity contribution in [1.82, 2.24) is 9.78 Å². The lowest BCUT2D eigenvalue weighted by Crippen LogP contribution is -2.17. The van der Waals surface area contributed by atoms with Crippen LogP contribution in [0.15, 0.2) is 12.4 Å². The number of carbonyl (C=O) groups excluding carboxylic acids is 1. The summed E-state index contributed by atoms with van der Waals surface area (Å²) in [5.41, 5.74) is 0.130. The van der Waals surface area contributed by atoms with Crippen molar-refractivity contribution in [1.29, 1.82) is 0 Å². The number of aliphatic carboxylic acids is 1. The van der Waals surface area contributed by atoms with E-state index < -0.39 is 23.2 Å². The van der Waals surface area contributed by atoms with Gasteiger partial charge in [-0.3, -0.25) is 14.3 Å². The van der Waals surface area contributed by atoms with Crippen LogP contribution in [0.1, 0.15) is 20.8 Å². The Hall–Kier alpha value is -1.85. The number of rotatable bonds is 4. The largest absolute Gasteiger partial charge is 0.481 e. The van der Waals surface area contributed by atoms with Gasteiger partial charge < -0.3 is 10.4 Å². The molecule has 1 heterocycles. The van der Waals surface area contributed by atoms with Gasteiger partial charge in [0.25, 0.3) is 0 Å². The average Bonchev–Trinajstić information content (AvgIpc) is 2.67. The number of aryl methyl sites for hydroxylation is 1. The van der Waals surface area contributed by atoms with E-state index in [4.69, 9.17) is 5.11 Å². The number of hydrogen-bond donors (Lipinski definition) is 2. The molecule has 0 unspecified atom stereocenters. The molecule has 0 radical (unpaired) electrons. The molecule has 0 spiro atoms. The Morgan fingerprint density at radius 2 is 2.17 bits per heavy atom. The molecule has 6 heteroatoms. The highest BCUT2D eigenvalue weighted by atomic mass is 16.4. The van der Waals surface area contributed by atoms with E-state index >= 15 is 0 Å². The van der Waals surface area contributed by atoms with E-state index in [1.807, 2.05) is 6.92 Å². The van der Waals surface area contributed by atoms with Gasteiger partial charge >= 0.3 is 5.97 Å². The zero-order chi connectivity index (χ0) is 13.5. The number of nitrogens with one attached hydrogen (secondary N) is 1. The van der Waals surface area contributed by atoms with Gasteiger partial charge in [0, 0.05) is 12.7 Å². The molecule has 1 aromatic heterocycles. The van der Waals surface area contributed by atoms with E-state index in [0.29, 0.717) is 5.69 Å². The summed E-state index contributed by atoms with van der Waals surface area (Å²) < 4.78 is 1.70. The number of carboxylic acid groups (broad SMARTS) is 1. The number of aromatic nitrogens is 2. The second-order valence-electron chi connectivity index (χ2n) is 5.19. The van der Waals surface area contributed by atoms with Gasteiger partial charge in [0.1, 0.15) is 0 Å². The van der Waals surface area contributed by atoms with Crippen LogP contribution in [0.4, 0.5) is 5.69 Å². The number of hydrogen-bond acceptors (Lipinski definition) is 3. The standard InChI is InChI=1S/C12H17N3O3/c1-4-15-6-7(5-13-15)14-10(16)8-9(11(17)18)12(8,2)3/h5-6,8-9H,4H2,1-3H3,(H,14,16)(H,17,18)/t8-,9+/m1/s1. The first kappa shape index (κ1) is 12.6. The highest BCUT2D eigenvalue weighted by Gasteiger charge is 2.65. The van der Waals surface area contributed by atoms with Gasteiger partial charge in [-0.2, -0.15) is 5.10 Å². The Labute approximate surface area is 105 Å². The maximum absolute atomic E-state index is 12.0. The normalized spacial score (nSPS) is 24.6. The lowest BCUT2D eigenvalue weighted by molar-refractivity contribution is -0.140. The minimum atomic E-state index is -0.913. The molecule has 1 aliphatic rings. The maximum Gasteiger partial charge on any atom is 0.307 e. The third-order valence-electron chi connectivity index (χ3n) is 3.60. The molecule has 2 atom stereocenters. The molecule has 1 aliphatic carbocycles. The van der Waals surface area contributed by atoms with Crippen molar-refractivity contribution in [2.24, 2.45) is 17.3 Å². The fourth-order valence-corrected chi connectivity index (χ4v) is 2.41. The highest BCUT2D eigenvalue weighted by molar-refractivity contribution is 5.99. The molecule has 2 rings (SSSR count). The average molecular weight is 251 g/mol. The number of anilines is 1. The highest BCUT2D eigenvalue weighted by Crippen LogP contribution is 2.58. The molecule has 1 amide bonds. The van der Waals surface area contributed by atoms with Gasteiger partial charge in [0.2, 0.25) is 5.91 Å². The molecular formula is C12H17N3O3. The predicted molar refractivity (Wildman–Crippen MR) is 64.9 cm³/mol. The second kappa shape index (κ2) is 4.12. The van der Waals surface area contributed by atoms with Crippen molar-refractivity contribution in [2.45, 2.75) is 27.3 Å². The van der Waals surface area contributed by atoms with Crippen LogP contribution in [0.25, 0.3) is 0 Å². The van der Waals surface area contributed by atoms with Gasteiger partial charge in [0.15, 0.2) is 0 Å². The summed E-state index contributed by atoms with van der Waals surface area (Å²) in [6, 6.07) is 0. The summed E-state index contributed by atoms with van der Waals surface area (Å²) >= 11 is 0. The molecule has 0 saturated heterocycles. The third kappa shape index (κ3) is 1.98. The molecule has 1 fully saturated rings. The lowest BCUT2D eigenvalue weighted by atomic mass is 10.1. The van der Waals surface area contributed by atoms with Gasteiger partial charge in [0.05, 0.1) is 23.7 Å². The first-order valence-corrected chi connectivity index (χ1v) is 5.94. The summed E-state index contributed by atoms with van der Waals surface area (Å²) in [7, 11) is 0. The number of nitrogens with zero attached hydrogens (tertiary/aromatic N) is 2. The Kier molecular flexibility index (Phi) is 2.88. The van der Waals surface area contributed by atoms with Crippen molar-refractivity contribution in [3.05, 3.63) is 12.4 Å². The molecule has 0 aliphatic heterocycles. The zero-order valence-electron chi connectivity index (χ0n) is 10.7. The van der Waals surface area contributed by atoms with Crippen molar-refractivity contribution >= 4 is 17.6 Å². The smallest absolute Gasteiger partial charge is 0.307 e. The van der Waals surface area contributed by atoms with Crippen molar-refractivity contribution in [3.63, 3.8) is 0 Å². The molecule has 1 saturated carbocycles. The van der Waals surface area contributed by atoms with Crippen molar-refractivity contribution in [2.75, 3.05) is 5.32 Å². The van der Waals surface area contributed by atoms with Crippen LogP contribution < -0.4 is 5.32 Å². The van der Waals surface area contributed by atoms with E-state index in [0.717, 1.165) is 6.54 Å². The summed E-state index contributed by atoms with van der Waals surface area (Å²) in [6.45, 7) is 6.27. The monoisotopic (exact) mass is 251 g/mol. The molecule has 2 N–H and O–H groups in total. The summed E-state index contributed by atoms with van der Waals surface area (Å²) in [5.74, 6) is -2.23. The van der Waals surface area contributed by atoms with Crippen LogP contribution in [0.2, 0.25) is 0 Å². The first-order chi connectivity index (χ1) is 8.37. The Morgan fingerprint density at radius 1 is 1.50 bits per heavy atom. The maximum atomic E-state index is 12.0. The van der Waals surface area contributed by atoms with Crippen molar-refractivity contribution < 1.29 is 14.7 Å². The Morgan fingerprint density at radius 3 is 2.61 bits per heavy atom. The Bertz CT molecular complexity index is 493. The van der Waals surface area contributed by atoms with Crippen LogP contribution in [-0.4, -0.2) is 26.8 Å². The van der Waals surface area contributed by atoms with Gasteiger partial charge in [-0.25, -0.2) is 0 Å². The molecular weight excluding hydrogens is 234 g/mol. The lowest BCUT2D eigenvalue weighted by Gasteiger charge is -2.02. The topological polar surface area (TPSA) is 84.2 Å². The van der Waals surface area contributed by atoms with Crippen LogP contribution >= 0.6 is 0 Å². The van der Waals surface area contributed by atoms with E-state index in [-0.39, 0.29) is 5.91 Å². The minimum absolute atomic E-state index is 0.247. The van der Waals surface area contributed by atoms with Crippen LogP contribution in [0.5, 0.6) is 0 Å². The van der Waals surface area contributed by atoms with E-state index in [2.05, 4.69) is 10.4 Å². The van der Waals surface area contributed by atoms with Crippen molar-refractivity contribution in [3.8, 4) is 0 Å². The molecule has 98 valence electrons. The quantitative estimate of drug-likeness (QED) is 0.842. The molecule has 1 aromatic rings. The number of carbonyl (C=O) groups is 2. The fourth-order valence-electron chi connectivity index (χ4n) is 2.41. The van der Waals surface area contributed by atoms with Crippen LogP contribution in [-0.2, 0) is 16.1 Å². The third-order valence-corrected chi connectivity index (χ3v) is 3.60. The van der Waals surface area contributed by atoms with Crippen LogP contribution in [0, 0.1) is 17.3 Å². The number of amides is 1. The fraction of sp³-hybridized carbons (Fsp3) is 0.583. The minimum Gasteiger partial charge on any atom is -0.481 e. The summed E-state index contributed by atoms with van der Waals surface area (Å²) in [4.78, 5) is 23.0. The summed E-state index contributed by atoms with van der Waals surface area (Å²) in [5, 5.41) is 15.8. The number of carboxylic acids is 1. The van der Waals surface area contributed by atoms with E-state index in [1.54, 1.807) is 30.9 Å². The van der Waals surface area contributed by atoms with Gasteiger partial charge in [-0.05, 0) is 12.3 Å². The molecule has 0 bridgehead atoms. The first-order valence-electron chi connectivity index (χ1n) is 5.94. The zero-order valence-corrected chi connectivity index (χ0v) is 10.7.